The van der Waals surface area contributed by atoms with Crippen LogP contribution in [0.2, 0.25) is 0 Å². The molecule has 0 saturated carbocycles. The van der Waals surface area contributed by atoms with Gasteiger partial charge in [0.05, 0.1) is 5.39 Å². The lowest BCUT2D eigenvalue weighted by molar-refractivity contribution is -0.138. The molecule has 0 aliphatic heterocycles. The van der Waals surface area contributed by atoms with Crippen LogP contribution in [-0.2, 0) is 4.79 Å². The Morgan fingerprint density at radius 1 is 1.29 bits per heavy atom. The summed E-state index contributed by atoms with van der Waals surface area (Å²) in [5.74, 6) is -1.90. The molecule has 0 aliphatic carbocycles. The number of carbonyl (C=O) groups is 2. The first-order chi connectivity index (χ1) is 9.90. The zero-order valence-corrected chi connectivity index (χ0v) is 11.7. The monoisotopic (exact) mass is 289 g/mol. The molecule has 1 heterocycles. The maximum absolute atomic E-state index is 12.3. The topological polar surface area (TPSA) is 87.8 Å². The van der Waals surface area contributed by atoms with Crippen molar-refractivity contribution in [3.8, 4) is 0 Å². The number of hydrogen-bond donors (Lipinski definition) is 1. The molecule has 0 unspecified atom stereocenters. The molecule has 0 atom stereocenters. The van der Waals surface area contributed by atoms with E-state index >= 15 is 0 Å². The Morgan fingerprint density at radius 2 is 1.95 bits per heavy atom. The maximum Gasteiger partial charge on any atom is 0.323 e. The Morgan fingerprint density at radius 3 is 2.57 bits per heavy atom. The van der Waals surface area contributed by atoms with Crippen LogP contribution in [0, 0.1) is 0 Å². The second kappa shape index (κ2) is 5.78. The lowest BCUT2D eigenvalue weighted by Crippen LogP contribution is -2.40. The van der Waals surface area contributed by atoms with E-state index in [-0.39, 0.29) is 17.2 Å². The molecule has 1 aromatic carbocycles. The molecule has 6 nitrogen and oxygen atoms in total. The minimum atomic E-state index is -1.12. The molecule has 6 heteroatoms. The first-order valence-electron chi connectivity index (χ1n) is 6.46. The van der Waals surface area contributed by atoms with E-state index in [0.717, 1.165) is 11.0 Å². The zero-order chi connectivity index (χ0) is 15.6. The molecule has 0 spiro atoms. The van der Waals surface area contributed by atoms with Crippen molar-refractivity contribution in [1.29, 1.82) is 0 Å². The molecular formula is C15H15NO5. The molecule has 21 heavy (non-hydrogen) atoms. The van der Waals surface area contributed by atoms with Gasteiger partial charge in [-0.1, -0.05) is 12.1 Å². The molecule has 0 bridgehead atoms. The Balaban J connectivity index is 2.47. The van der Waals surface area contributed by atoms with Gasteiger partial charge in [0.1, 0.15) is 12.1 Å². The van der Waals surface area contributed by atoms with Gasteiger partial charge in [-0.3, -0.25) is 14.4 Å². The molecule has 0 radical (unpaired) electrons. The third kappa shape index (κ3) is 3.10. The second-order valence-corrected chi connectivity index (χ2v) is 4.89. The van der Waals surface area contributed by atoms with Gasteiger partial charge in [-0.05, 0) is 26.0 Å². The van der Waals surface area contributed by atoms with Crippen LogP contribution in [0.3, 0.4) is 0 Å². The fourth-order valence-corrected chi connectivity index (χ4v) is 1.99. The van der Waals surface area contributed by atoms with Crippen molar-refractivity contribution in [2.45, 2.75) is 19.9 Å². The van der Waals surface area contributed by atoms with Crippen molar-refractivity contribution in [3.63, 3.8) is 0 Å². The standard InChI is InChI=1S/C15H15NO5/c1-9(2)16(8-14(18)19)15(20)13-7-11(17)10-5-3-4-6-12(10)21-13/h3-7,9H,8H2,1-2H3,(H,18,19). The number of nitrogens with zero attached hydrogens (tertiary/aromatic N) is 1. The Hall–Kier alpha value is -2.63. The van der Waals surface area contributed by atoms with Gasteiger partial charge in [-0.15, -0.1) is 0 Å². The van der Waals surface area contributed by atoms with Crippen LogP contribution < -0.4 is 5.43 Å². The average Bonchev–Trinajstić information content (AvgIpc) is 2.43. The molecule has 0 fully saturated rings. The number of rotatable bonds is 4. The normalized spacial score (nSPS) is 10.8. The summed E-state index contributed by atoms with van der Waals surface area (Å²) < 4.78 is 5.43. The van der Waals surface area contributed by atoms with Gasteiger partial charge in [-0.2, -0.15) is 0 Å². The van der Waals surface area contributed by atoms with Crippen molar-refractivity contribution in [2.24, 2.45) is 0 Å². The van der Waals surface area contributed by atoms with Crippen molar-refractivity contribution in [2.75, 3.05) is 6.54 Å². The summed E-state index contributed by atoms with van der Waals surface area (Å²) in [5.41, 5.74) is -0.0355. The van der Waals surface area contributed by atoms with Gasteiger partial charge in [0, 0.05) is 12.1 Å². The SMILES string of the molecule is CC(C)N(CC(=O)O)C(=O)c1cc(=O)c2ccccc2o1. The summed E-state index contributed by atoms with van der Waals surface area (Å²) in [4.78, 5) is 36.3. The molecule has 1 aromatic heterocycles. The predicted octanol–water partition coefficient (Wildman–Crippen LogP) is 1.73. The molecule has 1 N–H and O–H groups in total. The lowest BCUT2D eigenvalue weighted by Gasteiger charge is -2.24. The number of benzene rings is 1. The highest BCUT2D eigenvalue weighted by atomic mass is 16.4. The summed E-state index contributed by atoms with van der Waals surface area (Å²) in [5, 5.41) is 9.25. The first-order valence-corrected chi connectivity index (χ1v) is 6.46. The van der Waals surface area contributed by atoms with Crippen LogP contribution in [0.25, 0.3) is 11.0 Å². The van der Waals surface area contributed by atoms with Gasteiger partial charge in [0.2, 0.25) is 0 Å². The minimum absolute atomic E-state index is 0.159. The Kier molecular flexibility index (Phi) is 4.07. The molecule has 110 valence electrons. The highest BCUT2D eigenvalue weighted by molar-refractivity contribution is 5.95. The number of para-hydroxylation sites is 1. The Labute approximate surface area is 120 Å². The largest absolute Gasteiger partial charge is 0.480 e. The van der Waals surface area contributed by atoms with Gasteiger partial charge in [0.15, 0.2) is 11.2 Å². The summed E-state index contributed by atoms with van der Waals surface area (Å²) in [7, 11) is 0. The van der Waals surface area contributed by atoms with E-state index in [2.05, 4.69) is 0 Å². The molecule has 1 amide bonds. The molecule has 2 rings (SSSR count). The number of carboxylic acids is 1. The van der Waals surface area contributed by atoms with E-state index < -0.39 is 18.4 Å². The highest BCUT2D eigenvalue weighted by Crippen LogP contribution is 2.14. The summed E-state index contributed by atoms with van der Waals surface area (Å²) >= 11 is 0. The molecule has 2 aromatic rings. The highest BCUT2D eigenvalue weighted by Gasteiger charge is 2.24. The number of carboxylic acid groups (broad SMARTS) is 1. The molecule has 0 saturated heterocycles. The van der Waals surface area contributed by atoms with Crippen molar-refractivity contribution in [1.82, 2.24) is 4.90 Å². The zero-order valence-electron chi connectivity index (χ0n) is 11.7. The van der Waals surface area contributed by atoms with E-state index in [0.29, 0.717) is 11.0 Å². The van der Waals surface area contributed by atoms with E-state index in [1.807, 2.05) is 0 Å². The summed E-state index contributed by atoms with van der Waals surface area (Å²) in [6, 6.07) is 7.35. The minimum Gasteiger partial charge on any atom is -0.480 e. The third-order valence-corrected chi connectivity index (χ3v) is 3.04. The van der Waals surface area contributed by atoms with Crippen LogP contribution in [0.5, 0.6) is 0 Å². The first kappa shape index (κ1) is 14.8. The van der Waals surface area contributed by atoms with Gasteiger partial charge >= 0.3 is 5.97 Å². The summed E-state index contributed by atoms with van der Waals surface area (Å²) in [6.07, 6.45) is 0. The Bertz CT molecular complexity index is 747. The van der Waals surface area contributed by atoms with Gasteiger partial charge in [-0.25, -0.2) is 0 Å². The van der Waals surface area contributed by atoms with Crippen LogP contribution in [0.15, 0.2) is 39.5 Å². The number of aliphatic carboxylic acids is 1. The maximum atomic E-state index is 12.3. The van der Waals surface area contributed by atoms with E-state index in [9.17, 15) is 14.4 Å². The van der Waals surface area contributed by atoms with Crippen molar-refractivity contribution in [3.05, 3.63) is 46.3 Å². The third-order valence-electron chi connectivity index (χ3n) is 3.04. The lowest BCUT2D eigenvalue weighted by atomic mass is 10.2. The number of fused-ring (bicyclic) bond motifs is 1. The number of amides is 1. The van der Waals surface area contributed by atoms with Gasteiger partial charge in [0.25, 0.3) is 5.91 Å². The van der Waals surface area contributed by atoms with E-state index in [1.54, 1.807) is 38.1 Å². The predicted molar refractivity (Wildman–Crippen MR) is 76.3 cm³/mol. The van der Waals surface area contributed by atoms with Crippen molar-refractivity contribution < 1.29 is 19.1 Å². The van der Waals surface area contributed by atoms with Gasteiger partial charge < -0.3 is 14.4 Å². The quantitative estimate of drug-likeness (QED) is 0.926. The van der Waals surface area contributed by atoms with Crippen LogP contribution in [-0.4, -0.2) is 34.5 Å². The molecular weight excluding hydrogens is 274 g/mol. The average molecular weight is 289 g/mol. The fourth-order valence-electron chi connectivity index (χ4n) is 1.99. The number of hydrogen-bond acceptors (Lipinski definition) is 4. The van der Waals surface area contributed by atoms with Crippen molar-refractivity contribution >= 4 is 22.8 Å². The number of carbonyl (C=O) groups excluding carboxylic acids is 1. The second-order valence-electron chi connectivity index (χ2n) is 4.89. The van der Waals surface area contributed by atoms with E-state index in [1.165, 1.54) is 0 Å². The smallest absolute Gasteiger partial charge is 0.323 e. The summed E-state index contributed by atoms with van der Waals surface area (Å²) in [6.45, 7) is 2.94. The van der Waals surface area contributed by atoms with E-state index in [4.69, 9.17) is 9.52 Å². The fraction of sp³-hybridized carbons (Fsp3) is 0.267. The van der Waals surface area contributed by atoms with Crippen LogP contribution >= 0.6 is 0 Å². The molecule has 0 aliphatic rings. The van der Waals surface area contributed by atoms with Crippen LogP contribution in [0.4, 0.5) is 0 Å². The van der Waals surface area contributed by atoms with Crippen LogP contribution in [0.1, 0.15) is 24.4 Å².